The minimum absolute atomic E-state index is 0.0514. The van der Waals surface area contributed by atoms with Crippen molar-refractivity contribution in [2.24, 2.45) is 13.0 Å². The predicted octanol–water partition coefficient (Wildman–Crippen LogP) is 2.73. The van der Waals surface area contributed by atoms with Gasteiger partial charge in [-0.05, 0) is 56.8 Å². The van der Waals surface area contributed by atoms with Gasteiger partial charge in [0.15, 0.2) is 5.75 Å². The molecule has 2 amide bonds. The van der Waals surface area contributed by atoms with E-state index >= 15 is 0 Å². The number of amides is 2. The molecule has 0 saturated heterocycles. The molecule has 3 atom stereocenters. The van der Waals surface area contributed by atoms with Crippen LogP contribution in [0.5, 0.6) is 5.75 Å². The van der Waals surface area contributed by atoms with Gasteiger partial charge in [-0.1, -0.05) is 13.0 Å². The monoisotopic (exact) mass is 520 g/mol. The summed E-state index contributed by atoms with van der Waals surface area (Å²) in [6, 6.07) is 10.4. The van der Waals surface area contributed by atoms with Crippen LogP contribution in [0.15, 0.2) is 48.8 Å². The molecule has 1 aliphatic rings. The largest absolute Gasteiger partial charge is 0.486 e. The van der Waals surface area contributed by atoms with Crippen LogP contribution in [0.2, 0.25) is 0 Å². The van der Waals surface area contributed by atoms with Crippen molar-refractivity contribution in [1.82, 2.24) is 24.6 Å². The Hall–Kier alpha value is -3.76. The van der Waals surface area contributed by atoms with Crippen molar-refractivity contribution in [3.63, 3.8) is 0 Å². The molecule has 1 aromatic carbocycles. The Bertz CT molecular complexity index is 1280. The first-order chi connectivity index (χ1) is 18.2. The molecule has 0 bridgehead atoms. The van der Waals surface area contributed by atoms with E-state index in [1.54, 1.807) is 48.6 Å². The van der Waals surface area contributed by atoms with Crippen molar-refractivity contribution in [1.29, 1.82) is 0 Å². The smallest absolute Gasteiger partial charge is 0.274 e. The number of hydrogen-bond acceptors (Lipinski definition) is 7. The summed E-state index contributed by atoms with van der Waals surface area (Å²) < 4.78 is 8.11. The van der Waals surface area contributed by atoms with Crippen LogP contribution in [-0.2, 0) is 13.6 Å². The van der Waals surface area contributed by atoms with Crippen molar-refractivity contribution < 1.29 is 19.4 Å². The maximum atomic E-state index is 13.7. The molecule has 3 aromatic rings. The topological polar surface area (TPSA) is 113 Å². The zero-order chi connectivity index (χ0) is 27.4. The van der Waals surface area contributed by atoms with Gasteiger partial charge >= 0.3 is 0 Å². The number of para-hydroxylation sites is 1. The third-order valence-corrected chi connectivity index (χ3v) is 6.87. The lowest BCUT2D eigenvalue weighted by atomic mass is 9.99. The number of carbonyl (C=O) groups is 2. The average molecular weight is 521 g/mol. The number of aliphatic hydroxyl groups excluding tert-OH is 1. The first-order valence-corrected chi connectivity index (χ1v) is 12.8. The van der Waals surface area contributed by atoms with E-state index in [-0.39, 0.29) is 36.5 Å². The highest BCUT2D eigenvalue weighted by molar-refractivity contribution is 6.06. The average Bonchev–Trinajstić information content (AvgIpc) is 3.24. The number of carbonyl (C=O) groups excluding carboxylic acids is 2. The third kappa shape index (κ3) is 6.03. The highest BCUT2D eigenvalue weighted by Crippen LogP contribution is 2.35. The molecule has 0 fully saturated rings. The molecule has 0 saturated carbocycles. The number of aromatic nitrogens is 3. The van der Waals surface area contributed by atoms with Gasteiger partial charge in [-0.2, -0.15) is 5.10 Å². The lowest BCUT2D eigenvalue weighted by molar-refractivity contribution is 0.0343. The minimum Gasteiger partial charge on any atom is -0.486 e. The number of nitrogens with one attached hydrogen (secondary N) is 1. The van der Waals surface area contributed by atoms with E-state index in [2.05, 4.69) is 20.3 Å². The molecular formula is C28H36N6O4. The summed E-state index contributed by atoms with van der Waals surface area (Å²) in [5.74, 6) is -0.317. The van der Waals surface area contributed by atoms with Gasteiger partial charge in [-0.3, -0.25) is 24.2 Å². The Balaban J connectivity index is 1.68. The number of ether oxygens (including phenoxy) is 1. The molecule has 10 heteroatoms. The fraction of sp³-hybridized carbons (Fsp3) is 0.429. The Morgan fingerprint density at radius 3 is 2.68 bits per heavy atom. The Morgan fingerprint density at radius 1 is 1.29 bits per heavy atom. The molecule has 1 aliphatic heterocycles. The zero-order valence-corrected chi connectivity index (χ0v) is 22.6. The number of aliphatic hydroxyl groups is 1. The van der Waals surface area contributed by atoms with E-state index in [4.69, 9.17) is 4.74 Å². The Morgan fingerprint density at radius 2 is 2.03 bits per heavy atom. The van der Waals surface area contributed by atoms with Crippen LogP contribution >= 0.6 is 0 Å². The van der Waals surface area contributed by atoms with Crippen LogP contribution in [0.25, 0.3) is 0 Å². The van der Waals surface area contributed by atoms with Gasteiger partial charge in [0.05, 0.1) is 29.6 Å². The maximum absolute atomic E-state index is 13.7. The zero-order valence-electron chi connectivity index (χ0n) is 22.6. The number of pyridine rings is 1. The number of likely N-dealkylation sites (N-methyl/N-ethyl adjacent to an activating group) is 1. The number of fused-ring (bicyclic) bond motifs is 1. The number of anilines is 1. The molecule has 3 heterocycles. The van der Waals surface area contributed by atoms with E-state index in [9.17, 15) is 14.7 Å². The van der Waals surface area contributed by atoms with Crippen molar-refractivity contribution in [2.45, 2.75) is 39.5 Å². The lowest BCUT2D eigenvalue weighted by Crippen LogP contribution is -2.49. The Labute approximate surface area is 223 Å². The first-order valence-electron chi connectivity index (χ1n) is 12.8. The van der Waals surface area contributed by atoms with E-state index in [1.807, 2.05) is 40.0 Å². The van der Waals surface area contributed by atoms with Gasteiger partial charge < -0.3 is 20.1 Å². The van der Waals surface area contributed by atoms with E-state index in [1.165, 1.54) is 4.68 Å². The van der Waals surface area contributed by atoms with Gasteiger partial charge in [0.2, 0.25) is 0 Å². The molecule has 2 aromatic heterocycles. The standard InChI is InChI=1S/C28H36N6O4/c1-18-14-34(20(3)17-35)28(37)22-7-6-8-23(30-27(36)24-13-19(2)31-33(24)5)26(22)38-25(18)16-32(4)15-21-9-11-29-12-10-21/h6-13,18,20,25,35H,14-17H2,1-5H3,(H,30,36)/t18-,20+,25+/m0/s1. The maximum Gasteiger partial charge on any atom is 0.274 e. The Kier molecular flexibility index (Phi) is 8.43. The number of aryl methyl sites for hydroxylation is 2. The second-order valence-electron chi connectivity index (χ2n) is 10.1. The van der Waals surface area contributed by atoms with Crippen LogP contribution in [0, 0.1) is 12.8 Å². The van der Waals surface area contributed by atoms with Crippen LogP contribution in [-0.4, -0.2) is 80.4 Å². The molecule has 0 spiro atoms. The van der Waals surface area contributed by atoms with Crippen molar-refractivity contribution >= 4 is 17.5 Å². The number of nitrogens with zero attached hydrogens (tertiary/aromatic N) is 5. The van der Waals surface area contributed by atoms with Crippen LogP contribution in [0.3, 0.4) is 0 Å². The summed E-state index contributed by atoms with van der Waals surface area (Å²) in [5, 5.41) is 17.1. The first kappa shape index (κ1) is 27.3. The summed E-state index contributed by atoms with van der Waals surface area (Å²) in [6.45, 7) is 7.25. The second kappa shape index (κ2) is 11.7. The molecule has 38 heavy (non-hydrogen) atoms. The van der Waals surface area contributed by atoms with Crippen molar-refractivity contribution in [3.05, 3.63) is 71.3 Å². The van der Waals surface area contributed by atoms with Gasteiger partial charge in [0.1, 0.15) is 11.8 Å². The quantitative estimate of drug-likeness (QED) is 0.470. The number of hydrogen-bond donors (Lipinski definition) is 2. The fourth-order valence-electron chi connectivity index (χ4n) is 4.74. The number of rotatable bonds is 8. The van der Waals surface area contributed by atoms with Crippen LogP contribution < -0.4 is 10.1 Å². The summed E-state index contributed by atoms with van der Waals surface area (Å²) in [5.41, 5.74) is 3.01. The number of benzene rings is 1. The SMILES string of the molecule is Cc1cc(C(=O)Nc2cccc3c2O[C@H](CN(C)Cc2ccncc2)[C@@H](C)CN([C@H](C)CO)C3=O)n(C)n1. The van der Waals surface area contributed by atoms with Crippen LogP contribution in [0.4, 0.5) is 5.69 Å². The summed E-state index contributed by atoms with van der Waals surface area (Å²) in [7, 11) is 3.73. The van der Waals surface area contributed by atoms with Crippen molar-refractivity contribution in [3.8, 4) is 5.75 Å². The highest BCUT2D eigenvalue weighted by atomic mass is 16.5. The summed E-state index contributed by atoms with van der Waals surface area (Å²) >= 11 is 0. The predicted molar refractivity (Wildman–Crippen MR) is 144 cm³/mol. The summed E-state index contributed by atoms with van der Waals surface area (Å²) in [6.07, 6.45) is 3.25. The molecule has 0 unspecified atom stereocenters. The van der Waals surface area contributed by atoms with Crippen molar-refractivity contribution in [2.75, 3.05) is 32.1 Å². The van der Waals surface area contributed by atoms with E-state index in [0.29, 0.717) is 42.3 Å². The van der Waals surface area contributed by atoms with Gasteiger partial charge in [0.25, 0.3) is 11.8 Å². The molecule has 2 N–H and O–H groups in total. The second-order valence-corrected chi connectivity index (χ2v) is 10.1. The summed E-state index contributed by atoms with van der Waals surface area (Å²) in [4.78, 5) is 34.8. The van der Waals surface area contributed by atoms with E-state index in [0.717, 1.165) is 11.3 Å². The molecule has 4 rings (SSSR count). The molecule has 0 radical (unpaired) electrons. The van der Waals surface area contributed by atoms with Crippen LogP contribution in [0.1, 0.15) is 46.0 Å². The molecule has 10 nitrogen and oxygen atoms in total. The third-order valence-electron chi connectivity index (χ3n) is 6.87. The normalized spacial score (nSPS) is 18.4. The highest BCUT2D eigenvalue weighted by Gasteiger charge is 2.34. The lowest BCUT2D eigenvalue weighted by Gasteiger charge is -2.38. The van der Waals surface area contributed by atoms with E-state index < -0.39 is 0 Å². The van der Waals surface area contributed by atoms with Gasteiger partial charge in [0, 0.05) is 45.0 Å². The molecular weight excluding hydrogens is 484 g/mol. The molecule has 202 valence electrons. The molecule has 0 aliphatic carbocycles. The van der Waals surface area contributed by atoms with Gasteiger partial charge in [-0.25, -0.2) is 0 Å². The minimum atomic E-state index is -0.373. The fourth-order valence-corrected chi connectivity index (χ4v) is 4.74. The van der Waals surface area contributed by atoms with Gasteiger partial charge in [-0.15, -0.1) is 0 Å².